The minimum Gasteiger partial charge on any atom is -0.494 e. The Morgan fingerprint density at radius 2 is 2.10 bits per heavy atom. The average Bonchev–Trinajstić information content (AvgIpc) is 3.29. The van der Waals surface area contributed by atoms with Gasteiger partial charge in [0.25, 0.3) is 5.69 Å². The van der Waals surface area contributed by atoms with E-state index in [9.17, 15) is 19.7 Å². The zero-order valence-corrected chi connectivity index (χ0v) is 22.5. The molecule has 39 heavy (non-hydrogen) atoms. The molecule has 1 saturated carbocycles. The Balaban J connectivity index is 1.40. The summed E-state index contributed by atoms with van der Waals surface area (Å²) in [5, 5.41) is 15.2. The van der Waals surface area contributed by atoms with Crippen LogP contribution >= 0.6 is 15.9 Å². The van der Waals surface area contributed by atoms with E-state index in [1.807, 2.05) is 0 Å². The number of nitrogen functional groups attached to an aromatic ring is 1. The number of hydrogen-bond acceptors (Lipinski definition) is 9. The van der Waals surface area contributed by atoms with E-state index >= 15 is 0 Å². The highest BCUT2D eigenvalue weighted by molar-refractivity contribution is 9.10. The number of carbonyl (C=O) groups excluding carboxylic acids is 2. The van der Waals surface area contributed by atoms with Crippen LogP contribution in [0.3, 0.4) is 0 Å². The minimum absolute atomic E-state index is 0.0769. The highest BCUT2D eigenvalue weighted by Crippen LogP contribution is 2.59. The molecule has 1 aliphatic heterocycles. The van der Waals surface area contributed by atoms with Gasteiger partial charge in [-0.1, -0.05) is 13.0 Å². The first-order valence-corrected chi connectivity index (χ1v) is 12.9. The zero-order valence-electron chi connectivity index (χ0n) is 20.9. The number of benzene rings is 1. The lowest BCUT2D eigenvalue weighted by Crippen LogP contribution is -2.46. The smallest absolute Gasteiger partial charge is 0.273 e. The Morgan fingerprint density at radius 3 is 2.82 bits per heavy atom. The van der Waals surface area contributed by atoms with Gasteiger partial charge in [0.15, 0.2) is 0 Å². The van der Waals surface area contributed by atoms with Crippen molar-refractivity contribution in [2.45, 2.75) is 38.4 Å². The van der Waals surface area contributed by atoms with E-state index in [1.54, 1.807) is 27.7 Å². The highest BCUT2D eigenvalue weighted by Gasteiger charge is 2.64. The van der Waals surface area contributed by atoms with Crippen molar-refractivity contribution in [1.29, 1.82) is 0 Å². The lowest BCUT2D eigenvalue weighted by atomic mass is 10.0. The molecule has 1 saturated heterocycles. The van der Waals surface area contributed by atoms with Gasteiger partial charge < -0.3 is 25.3 Å². The molecule has 3 atom stereocenters. The zero-order chi connectivity index (χ0) is 27.6. The number of methoxy groups -OCH3 is 1. The number of hydrogen-bond donors (Lipinski definition) is 2. The summed E-state index contributed by atoms with van der Waals surface area (Å²) in [6, 6.07) is 7.10. The number of nitro groups is 1. The number of amides is 2. The van der Waals surface area contributed by atoms with Crippen molar-refractivity contribution >= 4 is 67.0 Å². The maximum atomic E-state index is 13.9. The van der Waals surface area contributed by atoms with Crippen molar-refractivity contribution in [3.05, 3.63) is 51.4 Å². The molecule has 4 aromatic rings. The molecule has 13 nitrogen and oxygen atoms in total. The molecule has 1 aromatic carbocycles. The fourth-order valence-electron chi connectivity index (χ4n) is 5.70. The number of pyridine rings is 1. The van der Waals surface area contributed by atoms with Gasteiger partial charge in [-0.25, -0.2) is 15.0 Å². The SMILES string of the molecule is COc1cc([N+](=O)[O-])cc2c3c(N)ncnc3n(CC(=O)N3[C@H](C(=O)Nc4cccc(Br)n4)C[C@@]4(C)C[C@@H]34)c12. The Labute approximate surface area is 229 Å². The van der Waals surface area contributed by atoms with Gasteiger partial charge >= 0.3 is 0 Å². The maximum absolute atomic E-state index is 13.9. The number of non-ortho nitro benzene ring substituents is 1. The van der Waals surface area contributed by atoms with Crippen LogP contribution in [-0.4, -0.2) is 60.4 Å². The van der Waals surface area contributed by atoms with Crippen molar-refractivity contribution in [1.82, 2.24) is 24.4 Å². The average molecular weight is 595 g/mol. The molecule has 0 radical (unpaired) electrons. The first-order valence-electron chi connectivity index (χ1n) is 12.1. The second-order valence-electron chi connectivity index (χ2n) is 10.1. The van der Waals surface area contributed by atoms with Gasteiger partial charge in [0.05, 0.1) is 29.0 Å². The van der Waals surface area contributed by atoms with Gasteiger partial charge in [0.2, 0.25) is 11.8 Å². The Bertz CT molecular complexity index is 1710. The molecular weight excluding hydrogens is 572 g/mol. The summed E-state index contributed by atoms with van der Waals surface area (Å²) in [6.07, 6.45) is 2.60. The third kappa shape index (κ3) is 4.02. The minimum atomic E-state index is -0.683. The lowest BCUT2D eigenvalue weighted by Gasteiger charge is -2.27. The van der Waals surface area contributed by atoms with E-state index in [-0.39, 0.29) is 47.1 Å². The van der Waals surface area contributed by atoms with E-state index in [0.29, 0.717) is 38.8 Å². The molecule has 2 amide bonds. The van der Waals surface area contributed by atoms with Crippen LogP contribution in [0.4, 0.5) is 17.3 Å². The van der Waals surface area contributed by atoms with E-state index in [1.165, 1.54) is 25.6 Å². The summed E-state index contributed by atoms with van der Waals surface area (Å²) < 4.78 is 7.70. The number of anilines is 2. The Kier molecular flexibility index (Phi) is 5.68. The summed E-state index contributed by atoms with van der Waals surface area (Å²) in [5.74, 6) is 0.0864. The fourth-order valence-corrected chi connectivity index (χ4v) is 6.04. The van der Waals surface area contributed by atoms with Gasteiger partial charge in [-0.15, -0.1) is 0 Å². The van der Waals surface area contributed by atoms with Crippen LogP contribution in [0, 0.1) is 15.5 Å². The Morgan fingerprint density at radius 1 is 1.31 bits per heavy atom. The molecule has 14 heteroatoms. The molecule has 200 valence electrons. The van der Waals surface area contributed by atoms with Crippen molar-refractivity contribution in [2.24, 2.45) is 5.41 Å². The third-order valence-electron chi connectivity index (χ3n) is 7.63. The summed E-state index contributed by atoms with van der Waals surface area (Å²) in [7, 11) is 1.39. The van der Waals surface area contributed by atoms with Crippen molar-refractivity contribution in [2.75, 3.05) is 18.2 Å². The number of halogens is 1. The number of aromatic nitrogens is 4. The summed E-state index contributed by atoms with van der Waals surface area (Å²) in [5.41, 5.74) is 6.59. The number of nitrogens with zero attached hydrogens (tertiary/aromatic N) is 6. The molecule has 0 unspecified atom stereocenters. The van der Waals surface area contributed by atoms with Gasteiger partial charge in [-0.05, 0) is 46.3 Å². The predicted molar refractivity (Wildman–Crippen MR) is 145 cm³/mol. The van der Waals surface area contributed by atoms with Gasteiger partial charge in [-0.2, -0.15) is 0 Å². The topological polar surface area (TPSA) is 171 Å². The molecule has 6 rings (SSSR count). The summed E-state index contributed by atoms with van der Waals surface area (Å²) in [4.78, 5) is 52.7. The number of rotatable bonds is 6. The number of piperidine rings is 1. The van der Waals surface area contributed by atoms with Crippen molar-refractivity contribution in [3.63, 3.8) is 0 Å². The third-order valence-corrected chi connectivity index (χ3v) is 8.07. The van der Waals surface area contributed by atoms with Crippen LogP contribution in [0.1, 0.15) is 19.8 Å². The molecular formula is C25H23BrN8O5. The lowest BCUT2D eigenvalue weighted by molar-refractivity contribution is -0.384. The van der Waals surface area contributed by atoms with E-state index < -0.39 is 11.0 Å². The molecule has 0 bridgehead atoms. The molecule has 3 N–H and O–H groups in total. The molecule has 2 fully saturated rings. The quantitative estimate of drug-likeness (QED) is 0.193. The van der Waals surface area contributed by atoms with Gasteiger partial charge in [0, 0.05) is 17.5 Å². The van der Waals surface area contributed by atoms with Crippen molar-refractivity contribution < 1.29 is 19.2 Å². The number of nitrogens with two attached hydrogens (primary N) is 1. The predicted octanol–water partition coefficient (Wildman–Crippen LogP) is 3.26. The number of ether oxygens (including phenoxy) is 1. The van der Waals surface area contributed by atoms with E-state index in [0.717, 1.165) is 6.42 Å². The van der Waals surface area contributed by atoms with E-state index in [4.69, 9.17) is 10.5 Å². The number of likely N-dealkylation sites (tertiary alicyclic amines) is 1. The first kappa shape index (κ1) is 25.0. The van der Waals surface area contributed by atoms with Crippen LogP contribution in [-0.2, 0) is 16.1 Å². The standard InChI is InChI=1S/C25H23BrN8O5/c1-25-8-14(24(36)31-18-5-3-4-17(26)30-18)33(16(25)9-25)19(35)10-32-21-13(20-22(27)28-11-29-23(20)32)6-12(34(37)38)7-15(21)39-2/h3-7,11,14,16H,8-10H2,1-2H3,(H2,27,28,29)(H,30,31,36)/t14-,16+,25-/m0/s1. The first-order chi connectivity index (χ1) is 18.6. The summed E-state index contributed by atoms with van der Waals surface area (Å²) >= 11 is 3.30. The van der Waals surface area contributed by atoms with Crippen LogP contribution in [0.2, 0.25) is 0 Å². The van der Waals surface area contributed by atoms with Crippen LogP contribution in [0.15, 0.2) is 41.3 Å². The number of nitrogens with one attached hydrogen (secondary N) is 1. The highest BCUT2D eigenvalue weighted by atomic mass is 79.9. The molecule has 0 spiro atoms. The second kappa shape index (κ2) is 8.86. The maximum Gasteiger partial charge on any atom is 0.273 e. The molecule has 2 aliphatic rings. The number of nitro benzene ring substituents is 1. The van der Waals surface area contributed by atoms with Gasteiger partial charge in [0.1, 0.15) is 46.5 Å². The molecule has 3 aromatic heterocycles. The molecule has 4 heterocycles. The van der Waals surface area contributed by atoms with Crippen LogP contribution in [0.5, 0.6) is 5.75 Å². The normalized spacial score (nSPS) is 21.7. The monoisotopic (exact) mass is 594 g/mol. The molecule has 1 aliphatic carbocycles. The van der Waals surface area contributed by atoms with E-state index in [2.05, 4.69) is 43.1 Å². The Hall–Kier alpha value is -4.33. The van der Waals surface area contributed by atoms with Crippen molar-refractivity contribution in [3.8, 4) is 5.75 Å². The number of fused-ring (bicyclic) bond motifs is 4. The van der Waals surface area contributed by atoms with Crippen LogP contribution in [0.25, 0.3) is 21.9 Å². The van der Waals surface area contributed by atoms with Gasteiger partial charge in [-0.3, -0.25) is 19.7 Å². The largest absolute Gasteiger partial charge is 0.494 e. The van der Waals surface area contributed by atoms with Crippen LogP contribution < -0.4 is 15.8 Å². The number of carbonyl (C=O) groups is 2. The summed E-state index contributed by atoms with van der Waals surface area (Å²) in [6.45, 7) is 1.88. The fraction of sp³-hybridized carbons (Fsp3) is 0.320. The second-order valence-corrected chi connectivity index (χ2v) is 10.9.